The fourth-order valence-corrected chi connectivity index (χ4v) is 4.25. The van der Waals surface area contributed by atoms with Crippen LogP contribution in [-0.4, -0.2) is 29.2 Å². The van der Waals surface area contributed by atoms with E-state index in [2.05, 4.69) is 0 Å². The van der Waals surface area contributed by atoms with Crippen LogP contribution in [0, 0.1) is 0 Å². The zero-order chi connectivity index (χ0) is 17.9. The highest BCUT2D eigenvalue weighted by molar-refractivity contribution is 7.92. The minimum absolute atomic E-state index is 0.0529. The molecule has 2 rings (SSSR count). The van der Waals surface area contributed by atoms with Crippen LogP contribution in [0.3, 0.4) is 0 Å². The molecule has 2 aromatic rings. The Morgan fingerprint density at radius 1 is 1.00 bits per heavy atom. The van der Waals surface area contributed by atoms with Crippen molar-refractivity contribution in [3.8, 4) is 11.5 Å². The summed E-state index contributed by atoms with van der Waals surface area (Å²) in [6.45, 7) is 1.92. The Bertz CT molecular complexity index is 840. The van der Waals surface area contributed by atoms with E-state index < -0.39 is 10.0 Å². The minimum atomic E-state index is -3.85. The van der Waals surface area contributed by atoms with Crippen molar-refractivity contribution in [1.29, 1.82) is 0 Å². The molecular weight excluding hydrogens is 373 g/mol. The lowest BCUT2D eigenvalue weighted by atomic mass is 10.3. The highest BCUT2D eigenvalue weighted by Gasteiger charge is 2.27. The largest absolute Gasteiger partial charge is 0.495 e. The third kappa shape index (κ3) is 3.55. The lowest BCUT2D eigenvalue weighted by Gasteiger charge is -2.25. The third-order valence-corrected chi connectivity index (χ3v) is 5.82. The molecule has 24 heavy (non-hydrogen) atoms. The molecule has 0 aliphatic carbocycles. The highest BCUT2D eigenvalue weighted by atomic mass is 35.5. The molecule has 2 aromatic carbocycles. The number of ether oxygens (including phenoxy) is 2. The van der Waals surface area contributed by atoms with Gasteiger partial charge in [-0.2, -0.15) is 0 Å². The normalized spacial score (nSPS) is 11.2. The number of halogens is 2. The van der Waals surface area contributed by atoms with Crippen molar-refractivity contribution < 1.29 is 17.9 Å². The predicted molar refractivity (Wildman–Crippen MR) is 96.2 cm³/mol. The number of sulfonamides is 1. The molecule has 0 heterocycles. The van der Waals surface area contributed by atoms with E-state index >= 15 is 0 Å². The van der Waals surface area contributed by atoms with E-state index in [1.165, 1.54) is 36.7 Å². The Kier molecular flexibility index (Phi) is 5.85. The Labute approximate surface area is 151 Å². The number of hydrogen-bond acceptors (Lipinski definition) is 4. The van der Waals surface area contributed by atoms with Crippen molar-refractivity contribution in [2.24, 2.45) is 0 Å². The quantitative estimate of drug-likeness (QED) is 0.741. The standard InChI is InChI=1S/C16H17Cl2NO4S/c1-4-19(14-9-11(17)5-7-16(14)23-3)24(20,21)12-6-8-15(22-2)13(18)10-12/h5-10H,4H2,1-3H3. The van der Waals surface area contributed by atoms with Gasteiger partial charge in [0.15, 0.2) is 0 Å². The van der Waals surface area contributed by atoms with E-state index in [0.717, 1.165) is 0 Å². The summed E-state index contributed by atoms with van der Waals surface area (Å²) in [6.07, 6.45) is 0. The molecule has 0 amide bonds. The number of nitrogens with zero attached hydrogens (tertiary/aromatic N) is 1. The maximum absolute atomic E-state index is 13.0. The van der Waals surface area contributed by atoms with Gasteiger partial charge in [0.1, 0.15) is 11.5 Å². The third-order valence-electron chi connectivity index (χ3n) is 3.41. The van der Waals surface area contributed by atoms with Gasteiger partial charge < -0.3 is 9.47 Å². The smallest absolute Gasteiger partial charge is 0.264 e. The second kappa shape index (κ2) is 7.51. The van der Waals surface area contributed by atoms with Gasteiger partial charge in [-0.15, -0.1) is 0 Å². The molecule has 0 fully saturated rings. The average molecular weight is 390 g/mol. The van der Waals surface area contributed by atoms with Crippen molar-refractivity contribution in [1.82, 2.24) is 0 Å². The van der Waals surface area contributed by atoms with Gasteiger partial charge in [-0.3, -0.25) is 4.31 Å². The first-order valence-electron chi connectivity index (χ1n) is 7.05. The predicted octanol–water partition coefficient (Wildman–Crippen LogP) is 4.23. The Morgan fingerprint density at radius 2 is 1.62 bits per heavy atom. The fourth-order valence-electron chi connectivity index (χ4n) is 2.26. The van der Waals surface area contributed by atoms with Gasteiger partial charge in [0.05, 0.1) is 29.8 Å². The van der Waals surface area contributed by atoms with Crippen molar-refractivity contribution in [3.05, 3.63) is 46.4 Å². The zero-order valence-electron chi connectivity index (χ0n) is 13.4. The van der Waals surface area contributed by atoms with Crippen LogP contribution in [-0.2, 0) is 10.0 Å². The van der Waals surface area contributed by atoms with Crippen molar-refractivity contribution >= 4 is 38.9 Å². The lowest BCUT2D eigenvalue weighted by molar-refractivity contribution is 0.414. The maximum atomic E-state index is 13.0. The lowest BCUT2D eigenvalue weighted by Crippen LogP contribution is -2.31. The molecule has 8 heteroatoms. The van der Waals surface area contributed by atoms with E-state index in [0.29, 0.717) is 22.2 Å². The van der Waals surface area contributed by atoms with Crippen LogP contribution in [0.5, 0.6) is 11.5 Å². The van der Waals surface area contributed by atoms with E-state index in [1.807, 2.05) is 0 Å². The first-order valence-corrected chi connectivity index (χ1v) is 9.24. The fraction of sp³-hybridized carbons (Fsp3) is 0.250. The van der Waals surface area contributed by atoms with Crippen LogP contribution in [0.2, 0.25) is 10.0 Å². The van der Waals surface area contributed by atoms with Gasteiger partial charge in [0, 0.05) is 11.6 Å². The number of rotatable bonds is 6. The molecule has 0 radical (unpaired) electrons. The molecule has 0 aliphatic heterocycles. The van der Waals surface area contributed by atoms with Gasteiger partial charge in [-0.1, -0.05) is 23.2 Å². The monoisotopic (exact) mass is 389 g/mol. The Morgan fingerprint density at radius 3 is 2.17 bits per heavy atom. The number of hydrogen-bond donors (Lipinski definition) is 0. The van der Waals surface area contributed by atoms with Crippen LogP contribution in [0.4, 0.5) is 5.69 Å². The molecule has 0 bridgehead atoms. The molecule has 0 saturated heterocycles. The summed E-state index contributed by atoms with van der Waals surface area (Å²) in [4.78, 5) is 0.0529. The summed E-state index contributed by atoms with van der Waals surface area (Å²) in [5.41, 5.74) is 0.361. The molecule has 130 valence electrons. The molecule has 0 saturated carbocycles. The van der Waals surface area contributed by atoms with Crippen molar-refractivity contribution in [2.45, 2.75) is 11.8 Å². The van der Waals surface area contributed by atoms with E-state index in [-0.39, 0.29) is 16.5 Å². The number of anilines is 1. The topological polar surface area (TPSA) is 55.8 Å². The summed E-state index contributed by atoms with van der Waals surface area (Å²) < 4.78 is 37.6. The van der Waals surface area contributed by atoms with Crippen LogP contribution < -0.4 is 13.8 Å². The Hall–Kier alpha value is -1.63. The summed E-state index contributed by atoms with van der Waals surface area (Å²) in [5.74, 6) is 0.809. The maximum Gasteiger partial charge on any atom is 0.264 e. The van der Waals surface area contributed by atoms with E-state index in [1.54, 1.807) is 25.1 Å². The minimum Gasteiger partial charge on any atom is -0.495 e. The molecule has 0 N–H and O–H groups in total. The molecule has 0 aliphatic rings. The van der Waals surface area contributed by atoms with Crippen LogP contribution in [0.25, 0.3) is 0 Å². The van der Waals surface area contributed by atoms with E-state index in [4.69, 9.17) is 32.7 Å². The zero-order valence-corrected chi connectivity index (χ0v) is 15.7. The molecule has 0 unspecified atom stereocenters. The number of methoxy groups -OCH3 is 2. The van der Waals surface area contributed by atoms with Gasteiger partial charge in [0.2, 0.25) is 0 Å². The van der Waals surface area contributed by atoms with Gasteiger partial charge in [-0.25, -0.2) is 8.42 Å². The molecule has 0 aromatic heterocycles. The summed E-state index contributed by atoms with van der Waals surface area (Å²) in [5, 5.41) is 0.625. The van der Waals surface area contributed by atoms with Crippen LogP contribution in [0.15, 0.2) is 41.3 Å². The molecule has 0 spiro atoms. The van der Waals surface area contributed by atoms with Crippen LogP contribution in [0.1, 0.15) is 6.92 Å². The summed E-state index contributed by atoms with van der Waals surface area (Å²) in [6, 6.07) is 9.12. The second-order valence-corrected chi connectivity index (χ2v) is 7.49. The highest BCUT2D eigenvalue weighted by Crippen LogP contribution is 2.36. The van der Waals surface area contributed by atoms with Gasteiger partial charge in [-0.05, 0) is 43.3 Å². The molecule has 5 nitrogen and oxygen atoms in total. The second-order valence-electron chi connectivity index (χ2n) is 4.78. The first-order chi connectivity index (χ1) is 11.3. The van der Waals surface area contributed by atoms with Crippen LogP contribution >= 0.6 is 23.2 Å². The summed E-state index contributed by atoms with van der Waals surface area (Å²) >= 11 is 12.1. The SMILES string of the molecule is CCN(c1cc(Cl)ccc1OC)S(=O)(=O)c1ccc(OC)c(Cl)c1. The molecule has 0 atom stereocenters. The van der Waals surface area contributed by atoms with Crippen molar-refractivity contribution in [2.75, 3.05) is 25.1 Å². The Balaban J connectivity index is 2.57. The molecular formula is C16H17Cl2NO4S. The van der Waals surface area contributed by atoms with Gasteiger partial charge in [0.25, 0.3) is 10.0 Å². The number of benzene rings is 2. The van der Waals surface area contributed by atoms with E-state index in [9.17, 15) is 8.42 Å². The first kappa shape index (κ1) is 18.7. The van der Waals surface area contributed by atoms with Crippen molar-refractivity contribution in [3.63, 3.8) is 0 Å². The average Bonchev–Trinajstić information content (AvgIpc) is 2.55. The van der Waals surface area contributed by atoms with Gasteiger partial charge >= 0.3 is 0 Å². The summed E-state index contributed by atoms with van der Waals surface area (Å²) in [7, 11) is -0.914.